The zero-order valence-electron chi connectivity index (χ0n) is 11.6. The van der Waals surface area contributed by atoms with Gasteiger partial charge in [0, 0.05) is 24.5 Å². The summed E-state index contributed by atoms with van der Waals surface area (Å²) in [5.74, 6) is 0. The summed E-state index contributed by atoms with van der Waals surface area (Å²) >= 11 is 0. The molecule has 1 amide bonds. The molecule has 4 heteroatoms. The van der Waals surface area contributed by atoms with Crippen molar-refractivity contribution in [3.8, 4) is 0 Å². The molecule has 1 spiro atoms. The maximum atomic E-state index is 11.8. The molecular formula is C13H24N2O2. The molecule has 1 atom stereocenters. The quantitative estimate of drug-likeness (QED) is 0.702. The van der Waals surface area contributed by atoms with Crippen molar-refractivity contribution in [2.45, 2.75) is 45.3 Å². The topological polar surface area (TPSA) is 32.8 Å². The van der Waals surface area contributed by atoms with Gasteiger partial charge in [-0.1, -0.05) is 0 Å². The number of carbonyl (C=O) groups excluding carboxylic acids is 1. The van der Waals surface area contributed by atoms with Crippen LogP contribution in [0.5, 0.6) is 0 Å². The van der Waals surface area contributed by atoms with Gasteiger partial charge < -0.3 is 14.5 Å². The highest BCUT2D eigenvalue weighted by Crippen LogP contribution is 2.50. The van der Waals surface area contributed by atoms with E-state index in [2.05, 4.69) is 19.0 Å². The van der Waals surface area contributed by atoms with Gasteiger partial charge in [0.05, 0.1) is 0 Å². The molecule has 0 aromatic rings. The van der Waals surface area contributed by atoms with Gasteiger partial charge in [0.1, 0.15) is 5.60 Å². The van der Waals surface area contributed by atoms with Crippen LogP contribution in [0.4, 0.5) is 4.79 Å². The fraction of sp³-hybridized carbons (Fsp3) is 0.923. The Morgan fingerprint density at radius 2 is 1.94 bits per heavy atom. The first-order chi connectivity index (χ1) is 7.73. The molecule has 1 unspecified atom stereocenters. The lowest BCUT2D eigenvalue weighted by Gasteiger charge is -2.62. The zero-order valence-corrected chi connectivity index (χ0v) is 11.6. The van der Waals surface area contributed by atoms with Gasteiger partial charge in [-0.05, 0) is 47.7 Å². The van der Waals surface area contributed by atoms with Crippen LogP contribution >= 0.6 is 0 Å². The van der Waals surface area contributed by atoms with Gasteiger partial charge in [-0.25, -0.2) is 4.79 Å². The zero-order chi connectivity index (χ0) is 12.8. The lowest BCUT2D eigenvalue weighted by Crippen LogP contribution is -2.71. The van der Waals surface area contributed by atoms with Crippen molar-refractivity contribution in [2.75, 3.05) is 27.2 Å². The van der Waals surface area contributed by atoms with Crippen LogP contribution in [0.2, 0.25) is 0 Å². The van der Waals surface area contributed by atoms with Gasteiger partial charge in [0.15, 0.2) is 0 Å². The van der Waals surface area contributed by atoms with Crippen LogP contribution in [0.3, 0.4) is 0 Å². The Labute approximate surface area is 104 Å². The highest BCUT2D eigenvalue weighted by Gasteiger charge is 2.57. The molecule has 0 bridgehead atoms. The number of likely N-dealkylation sites (tertiary alicyclic amines) is 1. The van der Waals surface area contributed by atoms with E-state index in [1.54, 1.807) is 0 Å². The second-order valence-electron chi connectivity index (χ2n) is 6.72. The van der Waals surface area contributed by atoms with Crippen LogP contribution in [-0.4, -0.2) is 54.7 Å². The average molecular weight is 240 g/mol. The molecule has 17 heavy (non-hydrogen) atoms. The molecule has 1 saturated carbocycles. The summed E-state index contributed by atoms with van der Waals surface area (Å²) < 4.78 is 5.37. The lowest BCUT2D eigenvalue weighted by molar-refractivity contribution is -0.118. The van der Waals surface area contributed by atoms with E-state index in [1.165, 1.54) is 12.8 Å². The number of carbonyl (C=O) groups is 1. The number of nitrogens with zero attached hydrogens (tertiary/aromatic N) is 2. The van der Waals surface area contributed by atoms with Gasteiger partial charge in [0.2, 0.25) is 0 Å². The van der Waals surface area contributed by atoms with Crippen LogP contribution in [-0.2, 0) is 4.74 Å². The predicted molar refractivity (Wildman–Crippen MR) is 66.9 cm³/mol. The Balaban J connectivity index is 1.85. The molecule has 1 aliphatic carbocycles. The maximum absolute atomic E-state index is 11.8. The van der Waals surface area contributed by atoms with Crippen LogP contribution < -0.4 is 0 Å². The molecule has 0 N–H and O–H groups in total. The minimum absolute atomic E-state index is 0.160. The van der Waals surface area contributed by atoms with E-state index in [0.29, 0.717) is 11.5 Å². The van der Waals surface area contributed by atoms with Gasteiger partial charge in [-0.2, -0.15) is 0 Å². The highest BCUT2D eigenvalue weighted by molar-refractivity contribution is 5.69. The summed E-state index contributed by atoms with van der Waals surface area (Å²) in [4.78, 5) is 16.0. The standard InChI is InChI=1S/C13H24N2O2/c1-12(2,3)17-11(16)15-8-13(9-15)7-6-10(13)14(4)5/h10H,6-9H2,1-5H3. The number of hydrogen-bond acceptors (Lipinski definition) is 3. The number of ether oxygens (including phenoxy) is 1. The number of amides is 1. The Bertz CT molecular complexity index is 314. The molecule has 0 aromatic heterocycles. The average Bonchev–Trinajstić information content (AvgIpc) is 1.93. The highest BCUT2D eigenvalue weighted by atomic mass is 16.6. The molecule has 4 nitrogen and oxygen atoms in total. The van der Waals surface area contributed by atoms with Crippen molar-refractivity contribution in [1.29, 1.82) is 0 Å². The summed E-state index contributed by atoms with van der Waals surface area (Å²) in [6.07, 6.45) is 2.34. The first-order valence-corrected chi connectivity index (χ1v) is 6.38. The minimum atomic E-state index is -0.388. The molecule has 1 heterocycles. The van der Waals surface area contributed by atoms with Crippen LogP contribution in [0.1, 0.15) is 33.6 Å². The number of hydrogen-bond donors (Lipinski definition) is 0. The fourth-order valence-electron chi connectivity index (χ4n) is 3.03. The second kappa shape index (κ2) is 3.87. The molecule has 2 aliphatic rings. The normalized spacial score (nSPS) is 26.7. The van der Waals surface area contributed by atoms with E-state index in [4.69, 9.17) is 4.74 Å². The summed E-state index contributed by atoms with van der Waals surface area (Å²) in [6.45, 7) is 7.46. The summed E-state index contributed by atoms with van der Waals surface area (Å²) in [6, 6.07) is 0.640. The molecule has 98 valence electrons. The molecule has 1 saturated heterocycles. The summed E-state index contributed by atoms with van der Waals surface area (Å²) in [5.41, 5.74) is -0.0270. The van der Waals surface area contributed by atoms with Gasteiger partial charge in [0.25, 0.3) is 0 Å². The van der Waals surface area contributed by atoms with Crippen molar-refractivity contribution in [3.63, 3.8) is 0 Å². The van der Waals surface area contributed by atoms with Crippen LogP contribution in [0.25, 0.3) is 0 Å². The van der Waals surface area contributed by atoms with E-state index in [0.717, 1.165) is 13.1 Å². The third kappa shape index (κ3) is 2.28. The van der Waals surface area contributed by atoms with Crippen molar-refractivity contribution >= 4 is 6.09 Å². The van der Waals surface area contributed by atoms with E-state index in [-0.39, 0.29) is 11.7 Å². The Morgan fingerprint density at radius 1 is 1.35 bits per heavy atom. The monoisotopic (exact) mass is 240 g/mol. The fourth-order valence-corrected chi connectivity index (χ4v) is 3.03. The van der Waals surface area contributed by atoms with E-state index in [1.807, 2.05) is 25.7 Å². The van der Waals surface area contributed by atoms with E-state index in [9.17, 15) is 4.79 Å². The first-order valence-electron chi connectivity index (χ1n) is 6.38. The SMILES string of the molecule is CN(C)C1CCC12CN(C(=O)OC(C)(C)C)C2. The van der Waals surface area contributed by atoms with E-state index < -0.39 is 0 Å². The summed E-state index contributed by atoms with van der Waals surface area (Å²) in [5, 5.41) is 0. The first kappa shape index (κ1) is 12.7. The molecule has 2 fully saturated rings. The molecular weight excluding hydrogens is 216 g/mol. The molecule has 0 radical (unpaired) electrons. The second-order valence-corrected chi connectivity index (χ2v) is 6.72. The number of rotatable bonds is 1. The predicted octanol–water partition coefficient (Wildman–Crippen LogP) is 1.95. The summed E-state index contributed by atoms with van der Waals surface area (Å²) in [7, 11) is 4.25. The van der Waals surface area contributed by atoms with Gasteiger partial charge >= 0.3 is 6.09 Å². The van der Waals surface area contributed by atoms with Crippen molar-refractivity contribution < 1.29 is 9.53 Å². The largest absolute Gasteiger partial charge is 0.444 e. The van der Waals surface area contributed by atoms with Crippen molar-refractivity contribution in [2.24, 2.45) is 5.41 Å². The minimum Gasteiger partial charge on any atom is -0.444 e. The third-order valence-corrected chi connectivity index (χ3v) is 3.91. The van der Waals surface area contributed by atoms with Crippen molar-refractivity contribution in [1.82, 2.24) is 9.80 Å². The molecule has 0 aromatic carbocycles. The van der Waals surface area contributed by atoms with Gasteiger partial charge in [-0.3, -0.25) is 0 Å². The lowest BCUT2D eigenvalue weighted by atomic mass is 9.59. The Morgan fingerprint density at radius 3 is 2.29 bits per heavy atom. The molecule has 1 aliphatic heterocycles. The maximum Gasteiger partial charge on any atom is 0.410 e. The molecule has 2 rings (SSSR count). The Kier molecular flexibility index (Phi) is 2.89. The van der Waals surface area contributed by atoms with Gasteiger partial charge in [-0.15, -0.1) is 0 Å². The van der Waals surface area contributed by atoms with Crippen molar-refractivity contribution in [3.05, 3.63) is 0 Å². The smallest absolute Gasteiger partial charge is 0.410 e. The van der Waals surface area contributed by atoms with Crippen LogP contribution in [0, 0.1) is 5.41 Å². The van der Waals surface area contributed by atoms with E-state index >= 15 is 0 Å². The van der Waals surface area contributed by atoms with Crippen LogP contribution in [0.15, 0.2) is 0 Å². The third-order valence-electron chi connectivity index (χ3n) is 3.91. The Hall–Kier alpha value is -0.770.